The zero-order chi connectivity index (χ0) is 12.7. The molecule has 100 valence electrons. The maximum absolute atomic E-state index is 11.6. The van der Waals surface area contributed by atoms with Gasteiger partial charge in [-0.25, -0.2) is 5.84 Å². The third kappa shape index (κ3) is 4.26. The molecule has 17 heavy (non-hydrogen) atoms. The van der Waals surface area contributed by atoms with Gasteiger partial charge in [0.05, 0.1) is 12.1 Å². The minimum Gasteiger partial charge on any atom is -0.377 e. The van der Waals surface area contributed by atoms with E-state index in [1.165, 1.54) is 0 Å². The summed E-state index contributed by atoms with van der Waals surface area (Å²) < 4.78 is 5.77. The quantitative estimate of drug-likeness (QED) is 0.408. The number of hydrogen-bond donors (Lipinski definition) is 2. The Hall–Kier alpha value is -0.650. The molecule has 0 bridgehead atoms. The van der Waals surface area contributed by atoms with Crippen molar-refractivity contribution in [2.75, 3.05) is 19.7 Å². The lowest BCUT2D eigenvalue weighted by Crippen LogP contribution is -2.53. The topological polar surface area (TPSA) is 67.6 Å². The first-order valence-electron chi connectivity index (χ1n) is 6.59. The number of hydrogen-bond acceptors (Lipinski definition) is 4. The molecule has 1 fully saturated rings. The molecule has 0 saturated carbocycles. The molecule has 1 heterocycles. The lowest BCUT2D eigenvalue weighted by atomic mass is 10.0. The predicted octanol–water partition coefficient (Wildman–Crippen LogP) is 0.646. The molecule has 1 amide bonds. The van der Waals surface area contributed by atoms with E-state index in [1.54, 1.807) is 0 Å². The van der Waals surface area contributed by atoms with E-state index in [0.29, 0.717) is 0 Å². The number of nitrogens with two attached hydrogens (primary N) is 1. The van der Waals surface area contributed by atoms with Crippen LogP contribution in [-0.4, -0.2) is 42.6 Å². The lowest BCUT2D eigenvalue weighted by molar-refractivity contribution is -0.128. The summed E-state index contributed by atoms with van der Waals surface area (Å²) in [6.07, 6.45) is 4.27. The molecule has 0 spiro atoms. The molecule has 2 atom stereocenters. The molecule has 0 aliphatic carbocycles. The number of amides is 1. The van der Waals surface area contributed by atoms with Gasteiger partial charge in [0.25, 0.3) is 5.91 Å². The molecule has 2 unspecified atom stereocenters. The molecule has 1 rings (SSSR count). The van der Waals surface area contributed by atoms with Crippen molar-refractivity contribution in [3.8, 4) is 0 Å². The van der Waals surface area contributed by atoms with E-state index >= 15 is 0 Å². The largest absolute Gasteiger partial charge is 0.377 e. The second-order valence-electron chi connectivity index (χ2n) is 4.56. The van der Waals surface area contributed by atoms with Crippen molar-refractivity contribution in [3.05, 3.63) is 0 Å². The summed E-state index contributed by atoms with van der Waals surface area (Å²) in [5.74, 6) is 5.12. The van der Waals surface area contributed by atoms with Gasteiger partial charge in [0.15, 0.2) is 0 Å². The van der Waals surface area contributed by atoms with Crippen molar-refractivity contribution in [1.82, 2.24) is 10.3 Å². The Morgan fingerprint density at radius 1 is 1.59 bits per heavy atom. The molecule has 0 aromatic rings. The first-order valence-corrected chi connectivity index (χ1v) is 6.59. The van der Waals surface area contributed by atoms with Crippen LogP contribution in [0.5, 0.6) is 0 Å². The summed E-state index contributed by atoms with van der Waals surface area (Å²) in [6, 6.07) is -0.118. The number of hydrazine groups is 1. The van der Waals surface area contributed by atoms with E-state index in [9.17, 15) is 4.79 Å². The van der Waals surface area contributed by atoms with Gasteiger partial charge in [-0.2, -0.15) is 0 Å². The zero-order valence-electron chi connectivity index (χ0n) is 10.9. The molecule has 1 aliphatic heterocycles. The molecular formula is C12H25N3O2. The van der Waals surface area contributed by atoms with E-state index in [1.807, 2.05) is 6.92 Å². The van der Waals surface area contributed by atoms with Gasteiger partial charge in [0.2, 0.25) is 0 Å². The predicted molar refractivity (Wildman–Crippen MR) is 67.2 cm³/mol. The van der Waals surface area contributed by atoms with Crippen molar-refractivity contribution in [2.45, 2.75) is 51.7 Å². The van der Waals surface area contributed by atoms with Gasteiger partial charge >= 0.3 is 0 Å². The van der Waals surface area contributed by atoms with Crippen LogP contribution in [0.1, 0.15) is 39.5 Å². The van der Waals surface area contributed by atoms with Crippen LogP contribution in [0.15, 0.2) is 0 Å². The maximum Gasteiger partial charge on any atom is 0.251 e. The second kappa shape index (κ2) is 7.63. The Bertz CT molecular complexity index is 236. The Balaban J connectivity index is 2.48. The van der Waals surface area contributed by atoms with Crippen molar-refractivity contribution in [2.24, 2.45) is 5.84 Å². The number of nitrogens with zero attached hydrogens (tertiary/aromatic N) is 1. The van der Waals surface area contributed by atoms with Crippen LogP contribution in [0.3, 0.4) is 0 Å². The normalized spacial score (nSPS) is 23.4. The minimum atomic E-state index is -0.118. The number of carbonyl (C=O) groups excluding carboxylic acids is 1. The molecule has 1 saturated heterocycles. The fraction of sp³-hybridized carbons (Fsp3) is 0.917. The van der Waals surface area contributed by atoms with Crippen LogP contribution >= 0.6 is 0 Å². The zero-order valence-corrected chi connectivity index (χ0v) is 10.9. The molecule has 0 aromatic heterocycles. The number of nitrogens with one attached hydrogen (secondary N) is 1. The molecule has 5 heteroatoms. The van der Waals surface area contributed by atoms with Crippen LogP contribution in [-0.2, 0) is 9.53 Å². The number of likely N-dealkylation sites (tertiary alicyclic amines) is 1. The van der Waals surface area contributed by atoms with E-state index in [0.717, 1.165) is 45.4 Å². The number of piperidine rings is 1. The van der Waals surface area contributed by atoms with Gasteiger partial charge in [0.1, 0.15) is 0 Å². The Morgan fingerprint density at radius 2 is 2.35 bits per heavy atom. The van der Waals surface area contributed by atoms with E-state index < -0.39 is 0 Å². The molecule has 0 radical (unpaired) electrons. The molecule has 3 N–H and O–H groups in total. The molecule has 5 nitrogen and oxygen atoms in total. The number of rotatable bonds is 6. The highest BCUT2D eigenvalue weighted by Gasteiger charge is 2.29. The first kappa shape index (κ1) is 14.4. The number of ether oxygens (including phenoxy) is 1. The molecule has 0 aromatic carbocycles. The van der Waals surface area contributed by atoms with Gasteiger partial charge in [-0.3, -0.25) is 15.1 Å². The average Bonchev–Trinajstić information content (AvgIpc) is 2.37. The fourth-order valence-corrected chi connectivity index (χ4v) is 2.38. The number of carbonyl (C=O) groups is 1. The van der Waals surface area contributed by atoms with Crippen LogP contribution in [0.4, 0.5) is 0 Å². The van der Waals surface area contributed by atoms with Crippen molar-refractivity contribution in [1.29, 1.82) is 0 Å². The summed E-state index contributed by atoms with van der Waals surface area (Å²) in [6.45, 7) is 6.72. The smallest absolute Gasteiger partial charge is 0.251 e. The van der Waals surface area contributed by atoms with E-state index in [-0.39, 0.29) is 18.1 Å². The van der Waals surface area contributed by atoms with Gasteiger partial charge in [0, 0.05) is 13.2 Å². The highest BCUT2D eigenvalue weighted by molar-refractivity contribution is 5.81. The lowest BCUT2D eigenvalue weighted by Gasteiger charge is -2.36. The third-order valence-corrected chi connectivity index (χ3v) is 3.24. The van der Waals surface area contributed by atoms with Gasteiger partial charge in [-0.05, 0) is 32.2 Å². The summed E-state index contributed by atoms with van der Waals surface area (Å²) in [7, 11) is 0. The minimum absolute atomic E-state index is 0.0939. The van der Waals surface area contributed by atoms with Crippen molar-refractivity contribution < 1.29 is 9.53 Å². The first-order chi connectivity index (χ1) is 8.22. The van der Waals surface area contributed by atoms with Gasteiger partial charge in [-0.15, -0.1) is 0 Å². The molecule has 1 aliphatic rings. The van der Waals surface area contributed by atoms with Crippen LogP contribution in [0.25, 0.3) is 0 Å². The monoisotopic (exact) mass is 243 g/mol. The fourth-order valence-electron chi connectivity index (χ4n) is 2.38. The highest BCUT2D eigenvalue weighted by Crippen LogP contribution is 2.17. The summed E-state index contributed by atoms with van der Waals surface area (Å²) in [5.41, 5.74) is 2.25. The average molecular weight is 243 g/mol. The van der Waals surface area contributed by atoms with Gasteiger partial charge < -0.3 is 4.74 Å². The van der Waals surface area contributed by atoms with Crippen LogP contribution in [0, 0.1) is 0 Å². The maximum atomic E-state index is 11.6. The third-order valence-electron chi connectivity index (χ3n) is 3.24. The summed E-state index contributed by atoms with van der Waals surface area (Å²) in [5, 5.41) is 0. The summed E-state index contributed by atoms with van der Waals surface area (Å²) in [4.78, 5) is 13.8. The van der Waals surface area contributed by atoms with E-state index in [4.69, 9.17) is 10.6 Å². The Morgan fingerprint density at radius 3 is 2.94 bits per heavy atom. The van der Waals surface area contributed by atoms with Gasteiger partial charge in [-0.1, -0.05) is 13.8 Å². The second-order valence-corrected chi connectivity index (χ2v) is 4.56. The Kier molecular flexibility index (Phi) is 6.47. The van der Waals surface area contributed by atoms with Crippen LogP contribution in [0.2, 0.25) is 0 Å². The van der Waals surface area contributed by atoms with E-state index in [2.05, 4.69) is 17.2 Å². The Labute approximate surface area is 104 Å². The SMILES string of the molecule is CCCOC1CCCN(C(CC)C(=O)NN)C1. The van der Waals surface area contributed by atoms with Crippen LogP contribution < -0.4 is 11.3 Å². The summed E-state index contributed by atoms with van der Waals surface area (Å²) >= 11 is 0. The van der Waals surface area contributed by atoms with Crippen molar-refractivity contribution in [3.63, 3.8) is 0 Å². The molecular weight excluding hydrogens is 218 g/mol. The standard InChI is InChI=1S/C12H25N3O2/c1-3-8-17-10-6-5-7-15(9-10)11(4-2)12(16)14-13/h10-11H,3-9,13H2,1-2H3,(H,14,16). The highest BCUT2D eigenvalue weighted by atomic mass is 16.5. The van der Waals surface area contributed by atoms with Crippen molar-refractivity contribution >= 4 is 5.91 Å².